The first kappa shape index (κ1) is 16.2. The highest BCUT2D eigenvalue weighted by molar-refractivity contribution is 9.10. The topological polar surface area (TPSA) is 99.8 Å². The third kappa shape index (κ3) is 2.83. The van der Waals surface area contributed by atoms with Crippen molar-refractivity contribution in [2.45, 2.75) is 0 Å². The molecule has 9 heteroatoms. The fraction of sp³-hybridized carbons (Fsp3) is 0. The highest BCUT2D eigenvalue weighted by atomic mass is 79.9. The third-order valence-corrected chi connectivity index (χ3v) is 5.32. The molecule has 0 saturated carbocycles. The molecule has 126 valence electrons. The molecule has 0 aliphatic carbocycles. The second-order valence-electron chi connectivity index (χ2n) is 5.38. The predicted octanol–water partition coefficient (Wildman–Crippen LogP) is 3.19. The highest BCUT2D eigenvalue weighted by Crippen LogP contribution is 2.37. The van der Waals surface area contributed by atoms with Gasteiger partial charge in [-0.3, -0.25) is 8.97 Å². The van der Waals surface area contributed by atoms with Gasteiger partial charge in [-0.05, 0) is 40.2 Å². The minimum Gasteiger partial charge on any atom is -0.337 e. The first-order valence-corrected chi connectivity index (χ1v) is 9.69. The van der Waals surface area contributed by atoms with Crippen LogP contribution in [0.1, 0.15) is 0 Å². The summed E-state index contributed by atoms with van der Waals surface area (Å²) in [7, 11) is -4.56. The molecular formula is C16H12BrN4O3P. The average Bonchev–Trinajstić information content (AvgIpc) is 3.03. The highest BCUT2D eigenvalue weighted by Gasteiger charge is 2.27. The monoisotopic (exact) mass is 418 g/mol. The van der Waals surface area contributed by atoms with Crippen molar-refractivity contribution < 1.29 is 14.4 Å². The third-order valence-electron chi connectivity index (χ3n) is 3.75. The molecule has 0 atom stereocenters. The number of fused-ring (bicyclic) bond motifs is 3. The van der Waals surface area contributed by atoms with Gasteiger partial charge in [-0.25, -0.2) is 9.97 Å². The Morgan fingerprint density at radius 1 is 1.08 bits per heavy atom. The number of para-hydroxylation sites is 3. The van der Waals surface area contributed by atoms with E-state index < -0.39 is 7.60 Å². The van der Waals surface area contributed by atoms with E-state index in [4.69, 9.17) is 0 Å². The van der Waals surface area contributed by atoms with E-state index in [2.05, 4.69) is 31.2 Å². The van der Waals surface area contributed by atoms with E-state index in [-0.39, 0.29) is 11.0 Å². The van der Waals surface area contributed by atoms with Crippen LogP contribution in [0.15, 0.2) is 59.3 Å². The zero-order valence-electron chi connectivity index (χ0n) is 12.7. The summed E-state index contributed by atoms with van der Waals surface area (Å²) in [6, 6.07) is 14.8. The fourth-order valence-corrected chi connectivity index (χ4v) is 3.74. The molecule has 2 aromatic carbocycles. The van der Waals surface area contributed by atoms with E-state index in [9.17, 15) is 14.4 Å². The van der Waals surface area contributed by atoms with Crippen molar-refractivity contribution >= 4 is 57.0 Å². The number of halogens is 1. The van der Waals surface area contributed by atoms with Gasteiger partial charge in [0.15, 0.2) is 11.3 Å². The van der Waals surface area contributed by atoms with E-state index in [0.29, 0.717) is 16.9 Å². The van der Waals surface area contributed by atoms with Crippen LogP contribution in [-0.4, -0.2) is 24.2 Å². The van der Waals surface area contributed by atoms with E-state index in [1.807, 2.05) is 48.5 Å². The summed E-state index contributed by atoms with van der Waals surface area (Å²) in [5, 5.41) is 3.14. The zero-order chi connectivity index (χ0) is 17.6. The van der Waals surface area contributed by atoms with Crippen LogP contribution in [0.3, 0.4) is 0 Å². The maximum absolute atomic E-state index is 11.9. The van der Waals surface area contributed by atoms with Gasteiger partial charge >= 0.3 is 7.60 Å². The van der Waals surface area contributed by atoms with Crippen LogP contribution in [0, 0.1) is 0 Å². The van der Waals surface area contributed by atoms with E-state index in [1.165, 1.54) is 6.33 Å². The lowest BCUT2D eigenvalue weighted by molar-refractivity contribution is 0.386. The maximum atomic E-state index is 11.9. The molecular weight excluding hydrogens is 407 g/mol. The van der Waals surface area contributed by atoms with Crippen molar-refractivity contribution in [2.75, 3.05) is 5.32 Å². The smallest absolute Gasteiger partial charge is 0.337 e. The second kappa shape index (κ2) is 5.93. The number of hydrogen-bond acceptors (Lipinski definition) is 4. The lowest BCUT2D eigenvalue weighted by Crippen LogP contribution is -2.10. The van der Waals surface area contributed by atoms with Crippen LogP contribution in [-0.2, 0) is 4.57 Å². The summed E-state index contributed by atoms with van der Waals surface area (Å²) in [4.78, 5) is 27.8. The molecule has 0 bridgehead atoms. The summed E-state index contributed by atoms with van der Waals surface area (Å²) in [6.07, 6.45) is 1.40. The lowest BCUT2D eigenvalue weighted by Gasteiger charge is -2.12. The molecule has 0 aliphatic rings. The summed E-state index contributed by atoms with van der Waals surface area (Å²) >= 11 is 3.45. The van der Waals surface area contributed by atoms with Crippen molar-refractivity contribution in [1.82, 2.24) is 14.4 Å². The number of aromatic nitrogens is 3. The average molecular weight is 419 g/mol. The largest absolute Gasteiger partial charge is 0.376 e. The molecule has 0 aliphatic heterocycles. The molecule has 2 aromatic heterocycles. The number of nitrogens with one attached hydrogen (secondary N) is 1. The van der Waals surface area contributed by atoms with Crippen LogP contribution < -0.4 is 10.8 Å². The lowest BCUT2D eigenvalue weighted by atomic mass is 10.3. The maximum Gasteiger partial charge on any atom is 0.376 e. The molecule has 0 spiro atoms. The van der Waals surface area contributed by atoms with Gasteiger partial charge in [-0.2, -0.15) is 0 Å². The minimum atomic E-state index is -4.56. The quantitative estimate of drug-likeness (QED) is 0.441. The number of hydrogen-bond donors (Lipinski definition) is 3. The van der Waals surface area contributed by atoms with E-state index in [0.717, 1.165) is 10.2 Å². The molecule has 0 saturated heterocycles. The first-order chi connectivity index (χ1) is 11.9. The van der Waals surface area contributed by atoms with Gasteiger partial charge in [0.1, 0.15) is 11.8 Å². The van der Waals surface area contributed by atoms with Crippen molar-refractivity contribution in [2.24, 2.45) is 0 Å². The Balaban J connectivity index is 2.05. The van der Waals surface area contributed by atoms with Gasteiger partial charge in [0.2, 0.25) is 0 Å². The van der Waals surface area contributed by atoms with Crippen LogP contribution in [0.4, 0.5) is 11.5 Å². The Hall–Kier alpha value is -2.25. The normalized spacial score (nSPS) is 12.0. The predicted molar refractivity (Wildman–Crippen MR) is 99.6 cm³/mol. The number of imidazole rings is 1. The molecule has 2 heterocycles. The molecule has 4 rings (SSSR count). The second-order valence-corrected chi connectivity index (χ2v) is 7.75. The van der Waals surface area contributed by atoms with Crippen molar-refractivity contribution in [1.29, 1.82) is 0 Å². The van der Waals surface area contributed by atoms with Crippen molar-refractivity contribution in [3.8, 4) is 0 Å². The number of rotatable bonds is 3. The Morgan fingerprint density at radius 3 is 2.56 bits per heavy atom. The molecule has 0 amide bonds. The molecule has 7 nitrogen and oxygen atoms in total. The Kier molecular flexibility index (Phi) is 3.85. The van der Waals surface area contributed by atoms with Gasteiger partial charge in [0.25, 0.3) is 0 Å². The molecule has 0 radical (unpaired) electrons. The van der Waals surface area contributed by atoms with Gasteiger partial charge in [-0.1, -0.05) is 24.3 Å². The van der Waals surface area contributed by atoms with E-state index >= 15 is 0 Å². The number of nitrogens with zero attached hydrogens (tertiary/aromatic N) is 3. The Bertz CT molecular complexity index is 1150. The van der Waals surface area contributed by atoms with Gasteiger partial charge in [0.05, 0.1) is 16.7 Å². The minimum absolute atomic E-state index is 0.253. The van der Waals surface area contributed by atoms with Crippen LogP contribution in [0.25, 0.3) is 16.6 Å². The Labute approximate surface area is 150 Å². The summed E-state index contributed by atoms with van der Waals surface area (Å²) < 4.78 is 14.3. The number of benzene rings is 2. The van der Waals surface area contributed by atoms with Gasteiger partial charge < -0.3 is 15.1 Å². The first-order valence-electron chi connectivity index (χ1n) is 7.28. The molecule has 0 fully saturated rings. The molecule has 3 N–H and O–H groups in total. The Morgan fingerprint density at radius 2 is 1.80 bits per heavy atom. The van der Waals surface area contributed by atoms with Crippen molar-refractivity contribution in [3.63, 3.8) is 0 Å². The van der Waals surface area contributed by atoms with Crippen LogP contribution >= 0.6 is 23.5 Å². The van der Waals surface area contributed by atoms with Crippen LogP contribution in [0.2, 0.25) is 0 Å². The SMILES string of the molecule is O=P(O)(O)c1ncn2c1c(Nc1ccccc1Br)nc1ccccc12. The van der Waals surface area contributed by atoms with E-state index in [1.54, 1.807) is 4.40 Å². The molecule has 25 heavy (non-hydrogen) atoms. The van der Waals surface area contributed by atoms with Gasteiger partial charge in [-0.15, -0.1) is 0 Å². The summed E-state index contributed by atoms with van der Waals surface area (Å²) in [6.45, 7) is 0. The van der Waals surface area contributed by atoms with Crippen molar-refractivity contribution in [3.05, 3.63) is 59.3 Å². The summed E-state index contributed by atoms with van der Waals surface area (Å²) in [5.74, 6) is 0.321. The number of anilines is 2. The zero-order valence-corrected chi connectivity index (χ0v) is 15.1. The van der Waals surface area contributed by atoms with Crippen LogP contribution in [0.5, 0.6) is 0 Å². The molecule has 0 unspecified atom stereocenters. The summed E-state index contributed by atoms with van der Waals surface area (Å²) in [5.41, 5.74) is 2.06. The standard InChI is InChI=1S/C16H12BrN4O3P/c17-10-5-1-2-6-11(10)19-15-14-16(25(22,23)24)18-9-21(14)13-8-4-3-7-12(13)20-15/h1-9H,(H,19,20)(H2,22,23,24). The van der Waals surface area contributed by atoms with Gasteiger partial charge in [0, 0.05) is 4.47 Å². The molecule has 4 aromatic rings. The fourth-order valence-electron chi connectivity index (χ4n) is 2.67.